The smallest absolute Gasteiger partial charge is 0.862 e. The van der Waals surface area contributed by atoms with E-state index in [2.05, 4.69) is 8.23 Å². The van der Waals surface area contributed by atoms with Gasteiger partial charge in [-0.2, -0.15) is 0 Å². The minimum atomic E-state index is -5.92. The molecule has 0 heterocycles. The molecule has 0 saturated carbocycles. The van der Waals surface area contributed by atoms with Crippen molar-refractivity contribution in [2.24, 2.45) is 0 Å². The Morgan fingerprint density at radius 3 is 0.429 bits per heavy atom. The molecule has 0 amide bonds. The predicted octanol–water partition coefficient (Wildman–Crippen LogP) is -15.9. The summed E-state index contributed by atoms with van der Waals surface area (Å²) in [5, 5.41) is 0. The van der Waals surface area contributed by atoms with E-state index in [-0.39, 0.29) is 125 Å². The average molecular weight is 757 g/mol. The molecular weight excluding hydrogens is 757 g/mol. The summed E-state index contributed by atoms with van der Waals surface area (Å²) in [5.41, 5.74) is 0. The van der Waals surface area contributed by atoms with E-state index in [1.807, 2.05) is 0 Å². The van der Waals surface area contributed by atoms with Crippen LogP contribution >= 0.6 is 0 Å². The van der Waals surface area contributed by atoms with Crippen molar-refractivity contribution >= 4 is 36.2 Å². The van der Waals surface area contributed by atoms with E-state index in [0.717, 1.165) is 0 Å². The maximum absolute atomic E-state index is 9.36. The molecule has 0 N–H and O–H groups in total. The first-order valence-electron chi connectivity index (χ1n) is 3.27. The van der Waals surface area contributed by atoms with Gasteiger partial charge >= 0.3 is 125 Å². The Balaban J connectivity index is -0.0000000711. The molecule has 21 heavy (non-hydrogen) atoms. The summed E-state index contributed by atoms with van der Waals surface area (Å²) >= 11 is 0. The van der Waals surface area contributed by atoms with Gasteiger partial charge in [-0.3, -0.25) is 0 Å². The fourth-order valence-electron chi connectivity index (χ4n) is 0.306. The van der Waals surface area contributed by atoms with Gasteiger partial charge in [-0.1, -0.05) is 0 Å². The summed E-state index contributed by atoms with van der Waals surface area (Å²) in [6, 6.07) is 0. The second-order valence-corrected chi connectivity index (χ2v) is 7.84. The molecule has 0 unspecified atom stereocenters. The largest absolute Gasteiger partial charge is 4.00 e. The SMILES string of the molecule is [Ce+4].[Ce+4].[Ce+4].[O-][Si]([O-])([O-])O[Si]([O-])([O-])[O-].[O-][Si]([O-])([O-])O[Si]([O-])([O-])[O-]. The standard InChI is InChI=1S/3Ce.2O7Si2/c;;;2*1-8(2,3)7-9(4,5)6/q3*+4;2*-6. The number of rotatable bonds is 4. The molecule has 0 rings (SSSR count). The normalized spacial score (nSPS) is 12.0. The maximum Gasteiger partial charge on any atom is 4.00 e. The Morgan fingerprint density at radius 2 is 0.429 bits per heavy atom. The summed E-state index contributed by atoms with van der Waals surface area (Å²) in [4.78, 5) is 112. The van der Waals surface area contributed by atoms with Gasteiger partial charge in [0, 0.05) is 0 Å². The van der Waals surface area contributed by atoms with Gasteiger partial charge in [0.2, 0.25) is 0 Å². The molecule has 0 saturated heterocycles. The van der Waals surface area contributed by atoms with Crippen molar-refractivity contribution in [3.05, 3.63) is 0 Å². The van der Waals surface area contributed by atoms with Crippen LogP contribution < -0.4 is 57.5 Å². The van der Waals surface area contributed by atoms with E-state index in [4.69, 9.17) is 0 Å². The summed E-state index contributed by atoms with van der Waals surface area (Å²) in [6.07, 6.45) is 0. The predicted molar refractivity (Wildman–Crippen MR) is 25.2 cm³/mol. The van der Waals surface area contributed by atoms with Crippen molar-refractivity contribution in [1.82, 2.24) is 0 Å². The third-order valence-corrected chi connectivity index (χ3v) is 4.50. The Labute approximate surface area is 222 Å². The molecule has 0 aliphatic heterocycles. The minimum Gasteiger partial charge on any atom is -0.862 e. The molecule has 0 aromatic heterocycles. The van der Waals surface area contributed by atoms with Crippen LogP contribution in [0.15, 0.2) is 0 Å². The molecule has 0 aliphatic rings. The Kier molecular flexibility index (Phi) is 25.1. The zero-order chi connectivity index (χ0) is 15.4. The summed E-state index contributed by atoms with van der Waals surface area (Å²) in [6.45, 7) is 0. The first kappa shape index (κ1) is 36.4. The third-order valence-electron chi connectivity index (χ3n) is 0.500. The molecule has 21 heteroatoms. The molecule has 0 aromatic carbocycles. The van der Waals surface area contributed by atoms with Crippen LogP contribution in [0.4, 0.5) is 0 Å². The molecule has 0 aromatic rings. The topological polar surface area (TPSA) is 295 Å². The fraction of sp³-hybridized carbons (Fsp3) is 0. The van der Waals surface area contributed by atoms with Crippen molar-refractivity contribution in [2.45, 2.75) is 0 Å². The van der Waals surface area contributed by atoms with Gasteiger partial charge in [0.25, 0.3) is 0 Å². The second kappa shape index (κ2) is 14.5. The molecule has 0 fully saturated rings. The van der Waals surface area contributed by atoms with Crippen LogP contribution in [0.25, 0.3) is 0 Å². The molecule has 0 aliphatic carbocycles. The fourth-order valence-corrected chi connectivity index (χ4v) is 2.76. The number of hydrogen-bond donors (Lipinski definition) is 0. The third kappa shape index (κ3) is 45.5. The van der Waals surface area contributed by atoms with Gasteiger partial charge < -0.3 is 65.8 Å². The second-order valence-electron chi connectivity index (χ2n) is 2.20. The van der Waals surface area contributed by atoms with E-state index in [1.165, 1.54) is 0 Å². The first-order chi connectivity index (χ1) is 7.41. The average Bonchev–Trinajstić information content (AvgIpc) is 1.64. The minimum absolute atomic E-state index is 0. The molecule has 0 atom stereocenters. The van der Waals surface area contributed by atoms with Crippen molar-refractivity contribution in [3.63, 3.8) is 0 Å². The van der Waals surface area contributed by atoms with Gasteiger partial charge in [0.05, 0.1) is 0 Å². The Morgan fingerprint density at radius 1 is 0.333 bits per heavy atom. The monoisotopic (exact) mass is 756 g/mol. The molecular formula is Ce3O14Si4. The van der Waals surface area contributed by atoms with E-state index >= 15 is 0 Å². The van der Waals surface area contributed by atoms with Crippen LogP contribution in [0, 0.1) is 125 Å². The Bertz CT molecular complexity index is 183. The molecule has 0 radical (unpaired) electrons. The van der Waals surface area contributed by atoms with Gasteiger partial charge in [0.1, 0.15) is 0 Å². The van der Waals surface area contributed by atoms with Gasteiger partial charge in [-0.25, -0.2) is 0 Å². The molecule has 112 valence electrons. The van der Waals surface area contributed by atoms with E-state index in [1.54, 1.807) is 0 Å². The van der Waals surface area contributed by atoms with E-state index in [9.17, 15) is 57.5 Å². The van der Waals surface area contributed by atoms with Gasteiger partial charge in [-0.15, -0.1) is 36.2 Å². The van der Waals surface area contributed by atoms with E-state index < -0.39 is 36.2 Å². The van der Waals surface area contributed by atoms with Crippen LogP contribution in [-0.4, -0.2) is 36.2 Å². The van der Waals surface area contributed by atoms with Gasteiger partial charge in [0.15, 0.2) is 0 Å². The maximum atomic E-state index is 9.36. The van der Waals surface area contributed by atoms with Crippen molar-refractivity contribution in [2.75, 3.05) is 0 Å². The summed E-state index contributed by atoms with van der Waals surface area (Å²) in [7, 11) is -23.7. The van der Waals surface area contributed by atoms with Crippen LogP contribution in [0.2, 0.25) is 0 Å². The Hall–Kier alpha value is 4.44. The number of hydrogen-bond acceptors (Lipinski definition) is 14. The summed E-state index contributed by atoms with van der Waals surface area (Å²) < 4.78 is 5.14. The van der Waals surface area contributed by atoms with Crippen LogP contribution in [0.5, 0.6) is 0 Å². The van der Waals surface area contributed by atoms with Crippen molar-refractivity contribution in [1.29, 1.82) is 0 Å². The molecule has 14 nitrogen and oxygen atoms in total. The van der Waals surface area contributed by atoms with Crippen LogP contribution in [0.1, 0.15) is 0 Å². The molecule has 0 spiro atoms. The van der Waals surface area contributed by atoms with Crippen molar-refractivity contribution < 1.29 is 191 Å². The zero-order valence-electron chi connectivity index (χ0n) is 9.22. The van der Waals surface area contributed by atoms with Crippen LogP contribution in [0.3, 0.4) is 0 Å². The van der Waals surface area contributed by atoms with E-state index in [0.29, 0.717) is 0 Å². The van der Waals surface area contributed by atoms with Crippen molar-refractivity contribution in [3.8, 4) is 0 Å². The molecule has 0 bridgehead atoms. The first-order valence-corrected chi connectivity index (χ1v) is 9.80. The zero-order valence-corrected chi connectivity index (χ0v) is 22.6. The summed E-state index contributed by atoms with van der Waals surface area (Å²) in [5.74, 6) is 0. The quantitative estimate of drug-likeness (QED) is 0.241. The van der Waals surface area contributed by atoms with Gasteiger partial charge in [-0.05, 0) is 0 Å². The van der Waals surface area contributed by atoms with Crippen LogP contribution in [-0.2, 0) is 8.23 Å².